The van der Waals surface area contributed by atoms with E-state index in [1.54, 1.807) is 25.3 Å². The third kappa shape index (κ3) is 3.20. The van der Waals surface area contributed by atoms with E-state index in [1.165, 1.54) is 0 Å². The Morgan fingerprint density at radius 1 is 1.26 bits per heavy atom. The Bertz CT molecular complexity index is 823. The van der Waals surface area contributed by atoms with Crippen LogP contribution in [0.15, 0.2) is 27.4 Å². The first-order valence-electron chi connectivity index (χ1n) is 7.38. The normalized spacial score (nSPS) is 12.7. The van der Waals surface area contributed by atoms with Gasteiger partial charge in [0.25, 0.3) is 5.91 Å². The maximum atomic E-state index is 12.3. The second-order valence-corrected chi connectivity index (χ2v) is 5.73. The average molecular weight is 315 g/mol. The molecule has 0 saturated heterocycles. The first kappa shape index (κ1) is 15.1. The highest BCUT2D eigenvalue weighted by atomic mass is 16.5. The summed E-state index contributed by atoms with van der Waals surface area (Å²) in [5.41, 5.74) is 0.391. The van der Waals surface area contributed by atoms with Crippen molar-refractivity contribution in [3.8, 4) is 0 Å². The molecule has 0 bridgehead atoms. The summed E-state index contributed by atoms with van der Waals surface area (Å²) in [5, 5.41) is 11.0. The predicted molar refractivity (Wildman–Crippen MR) is 80.5 cm³/mol. The number of hydrogen-bond acceptors (Lipinski definition) is 7. The topological polar surface area (TPSA) is 107 Å². The van der Waals surface area contributed by atoms with Crippen LogP contribution in [0.3, 0.4) is 0 Å². The molecule has 8 nitrogen and oxygen atoms in total. The third-order valence-corrected chi connectivity index (χ3v) is 3.25. The molecule has 8 heteroatoms. The second-order valence-electron chi connectivity index (χ2n) is 5.73. The summed E-state index contributed by atoms with van der Waals surface area (Å²) >= 11 is 0. The van der Waals surface area contributed by atoms with E-state index >= 15 is 0 Å². The molecule has 23 heavy (non-hydrogen) atoms. The number of carbonyl (C=O) groups excluding carboxylic acids is 1. The Morgan fingerprint density at radius 2 is 2.09 bits per heavy atom. The van der Waals surface area contributed by atoms with Crippen molar-refractivity contribution in [3.05, 3.63) is 35.8 Å². The number of aromatic nitrogens is 4. The first-order chi connectivity index (χ1) is 11.0. The van der Waals surface area contributed by atoms with Crippen LogP contribution in [0.5, 0.6) is 0 Å². The minimum absolute atomic E-state index is 0.113. The summed E-state index contributed by atoms with van der Waals surface area (Å²) in [6.45, 7) is 5.91. The number of nitrogens with one attached hydrogen (secondary N) is 1. The fourth-order valence-electron chi connectivity index (χ4n) is 2.16. The summed E-state index contributed by atoms with van der Waals surface area (Å²) in [5.74, 6) is 1.12. The monoisotopic (exact) mass is 315 g/mol. The van der Waals surface area contributed by atoms with Crippen molar-refractivity contribution in [2.45, 2.75) is 33.2 Å². The molecule has 3 rings (SSSR count). The van der Waals surface area contributed by atoms with Gasteiger partial charge in [-0.1, -0.05) is 24.2 Å². The quantitative estimate of drug-likeness (QED) is 0.769. The Labute approximate surface area is 132 Å². The molecule has 3 heterocycles. The van der Waals surface area contributed by atoms with Gasteiger partial charge in [0.15, 0.2) is 5.82 Å². The smallest absolute Gasteiger partial charge is 0.291 e. The van der Waals surface area contributed by atoms with Gasteiger partial charge in [0, 0.05) is 12.6 Å². The van der Waals surface area contributed by atoms with Crippen LogP contribution in [-0.2, 0) is 6.42 Å². The first-order valence-corrected chi connectivity index (χ1v) is 7.38. The number of carbonyl (C=O) groups is 1. The largest absolute Gasteiger partial charge is 0.348 e. The van der Waals surface area contributed by atoms with Gasteiger partial charge in [-0.3, -0.25) is 4.79 Å². The van der Waals surface area contributed by atoms with Crippen molar-refractivity contribution in [2.24, 2.45) is 5.92 Å². The van der Waals surface area contributed by atoms with Crippen LogP contribution in [0.1, 0.15) is 49.1 Å². The van der Waals surface area contributed by atoms with Crippen molar-refractivity contribution in [1.29, 1.82) is 0 Å². The molecule has 1 unspecified atom stereocenters. The molecule has 0 aliphatic rings. The van der Waals surface area contributed by atoms with Gasteiger partial charge >= 0.3 is 0 Å². The zero-order chi connectivity index (χ0) is 16.4. The molecule has 0 radical (unpaired) electrons. The lowest BCUT2D eigenvalue weighted by Gasteiger charge is -2.07. The lowest BCUT2D eigenvalue weighted by Crippen LogP contribution is -2.26. The average Bonchev–Trinajstić information content (AvgIpc) is 3.13. The molecule has 1 amide bonds. The van der Waals surface area contributed by atoms with E-state index in [1.807, 2.05) is 0 Å². The lowest BCUT2D eigenvalue weighted by molar-refractivity contribution is 0.0897. The minimum Gasteiger partial charge on any atom is -0.348 e. The van der Waals surface area contributed by atoms with Crippen LogP contribution in [0.4, 0.5) is 0 Å². The van der Waals surface area contributed by atoms with E-state index < -0.39 is 11.9 Å². The maximum absolute atomic E-state index is 12.3. The van der Waals surface area contributed by atoms with Crippen LogP contribution in [0, 0.1) is 5.92 Å². The molecule has 0 fully saturated rings. The van der Waals surface area contributed by atoms with E-state index in [0.717, 1.165) is 6.42 Å². The van der Waals surface area contributed by atoms with E-state index in [4.69, 9.17) is 9.05 Å². The lowest BCUT2D eigenvalue weighted by atomic mass is 10.1. The van der Waals surface area contributed by atoms with Crippen molar-refractivity contribution in [3.63, 3.8) is 0 Å². The van der Waals surface area contributed by atoms with Crippen molar-refractivity contribution in [1.82, 2.24) is 25.6 Å². The van der Waals surface area contributed by atoms with Gasteiger partial charge in [0.2, 0.25) is 17.3 Å². The second kappa shape index (κ2) is 6.15. The molecule has 0 aromatic carbocycles. The molecule has 0 aliphatic carbocycles. The van der Waals surface area contributed by atoms with E-state index in [2.05, 4.69) is 39.4 Å². The fourth-order valence-corrected chi connectivity index (χ4v) is 2.16. The molecule has 3 aromatic rings. The maximum Gasteiger partial charge on any atom is 0.291 e. The van der Waals surface area contributed by atoms with E-state index in [-0.39, 0.29) is 5.76 Å². The standard InChI is InChI=1S/C15H17N5O3/c1-8(2)7-11-18-15(23-19-11)9(3)17-14(21)12-10-5-4-6-16-13(10)20-22-12/h4-6,8-9H,7H2,1-3H3,(H,17,21). The van der Waals surface area contributed by atoms with Crippen LogP contribution >= 0.6 is 0 Å². The zero-order valence-corrected chi connectivity index (χ0v) is 13.1. The fraction of sp³-hybridized carbons (Fsp3) is 0.400. The highest BCUT2D eigenvalue weighted by Gasteiger charge is 2.22. The predicted octanol–water partition coefficient (Wildman–Crippen LogP) is 2.30. The molecular weight excluding hydrogens is 298 g/mol. The van der Waals surface area contributed by atoms with Gasteiger partial charge in [-0.25, -0.2) is 4.98 Å². The number of fused-ring (bicyclic) bond motifs is 1. The van der Waals surface area contributed by atoms with Crippen LogP contribution in [-0.4, -0.2) is 26.2 Å². The van der Waals surface area contributed by atoms with Crippen molar-refractivity contribution < 1.29 is 13.8 Å². The number of hydrogen-bond donors (Lipinski definition) is 1. The Balaban J connectivity index is 1.73. The van der Waals surface area contributed by atoms with Crippen LogP contribution in [0.25, 0.3) is 11.0 Å². The number of amides is 1. The summed E-state index contributed by atoms with van der Waals surface area (Å²) in [4.78, 5) is 20.6. The molecule has 0 spiro atoms. The van der Waals surface area contributed by atoms with Gasteiger partial charge < -0.3 is 14.4 Å². The van der Waals surface area contributed by atoms with E-state index in [9.17, 15) is 4.79 Å². The summed E-state index contributed by atoms with van der Waals surface area (Å²) in [7, 11) is 0. The Kier molecular flexibility index (Phi) is 4.05. The third-order valence-electron chi connectivity index (χ3n) is 3.25. The molecule has 1 atom stereocenters. The molecule has 3 aromatic heterocycles. The molecule has 1 N–H and O–H groups in total. The van der Waals surface area contributed by atoms with E-state index in [0.29, 0.717) is 28.7 Å². The highest BCUT2D eigenvalue weighted by Crippen LogP contribution is 2.17. The SMILES string of the molecule is CC(C)Cc1noc(C(C)NC(=O)c2onc3ncccc23)n1. The zero-order valence-electron chi connectivity index (χ0n) is 13.1. The van der Waals surface area contributed by atoms with Gasteiger partial charge in [-0.15, -0.1) is 0 Å². The summed E-state index contributed by atoms with van der Waals surface area (Å²) < 4.78 is 10.3. The number of nitrogens with zero attached hydrogens (tertiary/aromatic N) is 4. The molecular formula is C15H17N5O3. The number of rotatable bonds is 5. The van der Waals surface area contributed by atoms with Crippen LogP contribution < -0.4 is 5.32 Å². The highest BCUT2D eigenvalue weighted by molar-refractivity contribution is 6.02. The van der Waals surface area contributed by atoms with Gasteiger partial charge in [0.05, 0.1) is 5.39 Å². The number of pyridine rings is 1. The van der Waals surface area contributed by atoms with Crippen molar-refractivity contribution >= 4 is 16.9 Å². The summed E-state index contributed by atoms with van der Waals surface area (Å²) in [6.07, 6.45) is 2.31. The Hall–Kier alpha value is -2.77. The van der Waals surface area contributed by atoms with Gasteiger partial charge in [0.1, 0.15) is 6.04 Å². The van der Waals surface area contributed by atoms with Gasteiger partial charge in [-0.2, -0.15) is 4.98 Å². The molecule has 0 saturated carbocycles. The Morgan fingerprint density at radius 3 is 2.87 bits per heavy atom. The summed E-state index contributed by atoms with van der Waals surface area (Å²) in [6, 6.07) is 3.01. The van der Waals surface area contributed by atoms with Crippen molar-refractivity contribution in [2.75, 3.05) is 0 Å². The van der Waals surface area contributed by atoms with Gasteiger partial charge in [-0.05, 0) is 25.0 Å². The minimum atomic E-state index is -0.437. The molecule has 0 aliphatic heterocycles. The molecule has 120 valence electrons. The van der Waals surface area contributed by atoms with Crippen LogP contribution in [0.2, 0.25) is 0 Å².